The summed E-state index contributed by atoms with van der Waals surface area (Å²) >= 11 is 0. The molecule has 33 heavy (non-hydrogen) atoms. The van der Waals surface area contributed by atoms with E-state index in [1.165, 1.54) is 18.5 Å². The third-order valence-corrected chi connectivity index (χ3v) is 5.07. The summed E-state index contributed by atoms with van der Waals surface area (Å²) in [7, 11) is 0. The molecule has 0 fully saturated rings. The number of aromatic nitrogens is 1. The highest BCUT2D eigenvalue weighted by atomic mass is 16.7. The number of ether oxygens (including phenoxy) is 2. The highest BCUT2D eigenvalue weighted by molar-refractivity contribution is 5.99. The average molecular weight is 445 g/mol. The molecule has 0 unspecified atom stereocenters. The van der Waals surface area contributed by atoms with Gasteiger partial charge in [-0.25, -0.2) is 0 Å². The minimum absolute atomic E-state index is 0.108. The monoisotopic (exact) mass is 445 g/mol. The molecule has 8 nitrogen and oxygen atoms in total. The fourth-order valence-corrected chi connectivity index (χ4v) is 3.43. The summed E-state index contributed by atoms with van der Waals surface area (Å²) in [5, 5.41) is 5.35. The Bertz CT molecular complexity index is 1250. The van der Waals surface area contributed by atoms with E-state index in [0.717, 1.165) is 11.1 Å². The highest BCUT2D eigenvalue weighted by Gasteiger charge is 2.20. The summed E-state index contributed by atoms with van der Waals surface area (Å²) in [6.45, 7) is 4.50. The average Bonchev–Trinajstić information content (AvgIpc) is 3.30. The lowest BCUT2D eigenvalue weighted by Gasteiger charge is -2.13. The van der Waals surface area contributed by atoms with E-state index in [0.29, 0.717) is 18.0 Å². The maximum absolute atomic E-state index is 13.0. The van der Waals surface area contributed by atoms with Crippen LogP contribution in [0.2, 0.25) is 0 Å². The topological polar surface area (TPSA) is 98.7 Å². The minimum Gasteiger partial charge on any atom is -0.454 e. The zero-order valence-electron chi connectivity index (χ0n) is 17.9. The van der Waals surface area contributed by atoms with Crippen molar-refractivity contribution in [2.75, 3.05) is 13.3 Å². The second kappa shape index (κ2) is 9.86. The molecule has 1 aliphatic rings. The first-order valence-corrected chi connectivity index (χ1v) is 10.4. The smallest absolute Gasteiger partial charge is 0.257 e. The van der Waals surface area contributed by atoms with Crippen LogP contribution in [0.25, 0.3) is 0 Å². The fraction of sp³-hybridized carbons (Fsp3) is 0.160. The highest BCUT2D eigenvalue weighted by Crippen LogP contribution is 2.32. The lowest BCUT2D eigenvalue weighted by molar-refractivity contribution is 0.0948. The second-order valence-corrected chi connectivity index (χ2v) is 7.44. The predicted octanol–water partition coefficient (Wildman–Crippen LogP) is 2.47. The number of carbonyl (C=O) groups is 2. The molecule has 0 saturated carbocycles. The van der Waals surface area contributed by atoms with Gasteiger partial charge in [0.2, 0.25) is 12.2 Å². The Morgan fingerprint density at radius 3 is 2.36 bits per heavy atom. The van der Waals surface area contributed by atoms with Gasteiger partial charge < -0.3 is 24.7 Å². The van der Waals surface area contributed by atoms with Gasteiger partial charge in [0.25, 0.3) is 11.8 Å². The number of rotatable bonds is 8. The van der Waals surface area contributed by atoms with Crippen LogP contribution in [0.15, 0.2) is 78.4 Å². The van der Waals surface area contributed by atoms with Crippen molar-refractivity contribution in [3.8, 4) is 11.5 Å². The third kappa shape index (κ3) is 5.12. The Balaban J connectivity index is 1.59. The molecule has 0 aliphatic carbocycles. The van der Waals surface area contributed by atoms with Gasteiger partial charge in [0.15, 0.2) is 11.5 Å². The summed E-state index contributed by atoms with van der Waals surface area (Å²) in [5.41, 5.74) is 0.896. The van der Waals surface area contributed by atoms with Gasteiger partial charge in [-0.15, -0.1) is 6.58 Å². The van der Waals surface area contributed by atoms with Crippen LogP contribution in [-0.4, -0.2) is 29.7 Å². The quantitative estimate of drug-likeness (QED) is 0.519. The fourth-order valence-electron chi connectivity index (χ4n) is 3.43. The number of hydrogen-bond acceptors (Lipinski definition) is 5. The van der Waals surface area contributed by atoms with Crippen LogP contribution in [0.3, 0.4) is 0 Å². The summed E-state index contributed by atoms with van der Waals surface area (Å²) < 4.78 is 12.3. The van der Waals surface area contributed by atoms with Crippen molar-refractivity contribution in [3.63, 3.8) is 0 Å². The van der Waals surface area contributed by atoms with E-state index in [2.05, 4.69) is 17.2 Å². The molecule has 1 aromatic heterocycles. The Kier molecular flexibility index (Phi) is 6.54. The number of carbonyl (C=O) groups excluding carboxylic acids is 2. The Hall–Kier alpha value is -4.33. The largest absolute Gasteiger partial charge is 0.454 e. The van der Waals surface area contributed by atoms with Gasteiger partial charge >= 0.3 is 0 Å². The zero-order chi connectivity index (χ0) is 23.2. The summed E-state index contributed by atoms with van der Waals surface area (Å²) in [6, 6.07) is 14.9. The first-order valence-electron chi connectivity index (χ1n) is 10.4. The number of pyridine rings is 1. The van der Waals surface area contributed by atoms with Gasteiger partial charge in [0.1, 0.15) is 11.1 Å². The maximum atomic E-state index is 13.0. The van der Waals surface area contributed by atoms with Crippen molar-refractivity contribution in [2.45, 2.75) is 13.1 Å². The van der Waals surface area contributed by atoms with Gasteiger partial charge in [-0.1, -0.05) is 42.5 Å². The normalized spacial score (nSPS) is 11.6. The Labute approximate surface area is 190 Å². The molecule has 1 aliphatic heterocycles. The molecule has 2 aromatic carbocycles. The number of benzene rings is 2. The van der Waals surface area contributed by atoms with E-state index >= 15 is 0 Å². The second-order valence-electron chi connectivity index (χ2n) is 7.44. The number of nitrogens with one attached hydrogen (secondary N) is 2. The van der Waals surface area contributed by atoms with E-state index in [1.807, 2.05) is 30.3 Å². The van der Waals surface area contributed by atoms with Crippen LogP contribution in [0, 0.1) is 0 Å². The van der Waals surface area contributed by atoms with Crippen molar-refractivity contribution >= 4 is 11.8 Å². The van der Waals surface area contributed by atoms with Crippen LogP contribution in [-0.2, 0) is 13.1 Å². The standard InChI is InChI=1S/C25H23N3O5/c1-2-10-26-24(30)19-14-28(13-17-6-4-3-5-7-17)15-20(23(19)29)25(31)27-12-18-8-9-21-22(11-18)33-16-32-21/h2-9,11,14-15H,1,10,12-13,16H2,(H,26,30)(H,27,31). The molecule has 2 N–H and O–H groups in total. The van der Waals surface area contributed by atoms with E-state index in [1.54, 1.807) is 22.8 Å². The zero-order valence-corrected chi connectivity index (χ0v) is 17.9. The molecule has 0 atom stereocenters. The van der Waals surface area contributed by atoms with Crippen LogP contribution < -0.4 is 25.5 Å². The van der Waals surface area contributed by atoms with E-state index in [4.69, 9.17) is 9.47 Å². The number of nitrogens with zero attached hydrogens (tertiary/aromatic N) is 1. The number of amides is 2. The summed E-state index contributed by atoms with van der Waals surface area (Å²) in [6.07, 6.45) is 4.44. The van der Waals surface area contributed by atoms with Crippen molar-refractivity contribution in [1.29, 1.82) is 0 Å². The minimum atomic E-state index is -0.635. The Morgan fingerprint density at radius 1 is 0.939 bits per heavy atom. The molecular formula is C25H23N3O5. The molecular weight excluding hydrogens is 422 g/mol. The number of hydrogen-bond donors (Lipinski definition) is 2. The lowest BCUT2D eigenvalue weighted by atomic mass is 10.1. The van der Waals surface area contributed by atoms with E-state index < -0.39 is 17.2 Å². The molecule has 8 heteroatoms. The first-order chi connectivity index (χ1) is 16.0. The van der Waals surface area contributed by atoms with Crippen molar-refractivity contribution in [2.24, 2.45) is 0 Å². The molecule has 0 radical (unpaired) electrons. The molecule has 0 saturated heterocycles. The molecule has 0 bridgehead atoms. The van der Waals surface area contributed by atoms with Crippen LogP contribution in [0.4, 0.5) is 0 Å². The van der Waals surface area contributed by atoms with Crippen LogP contribution >= 0.6 is 0 Å². The molecule has 168 valence electrons. The SMILES string of the molecule is C=CCNC(=O)c1cn(Cc2ccccc2)cc(C(=O)NCc2ccc3c(c2)OCO3)c1=O. The van der Waals surface area contributed by atoms with Gasteiger partial charge in [-0.05, 0) is 23.3 Å². The van der Waals surface area contributed by atoms with E-state index in [-0.39, 0.29) is 31.0 Å². The van der Waals surface area contributed by atoms with Gasteiger partial charge in [-0.3, -0.25) is 14.4 Å². The number of fused-ring (bicyclic) bond motifs is 1. The van der Waals surface area contributed by atoms with Crippen LogP contribution in [0.1, 0.15) is 31.8 Å². The third-order valence-electron chi connectivity index (χ3n) is 5.07. The summed E-state index contributed by atoms with van der Waals surface area (Å²) in [4.78, 5) is 38.5. The molecule has 2 heterocycles. The maximum Gasteiger partial charge on any atom is 0.257 e. The first kappa shape index (κ1) is 21.9. The molecule has 4 rings (SSSR count). The van der Waals surface area contributed by atoms with Crippen molar-refractivity contribution in [3.05, 3.63) is 106 Å². The Morgan fingerprint density at radius 2 is 1.64 bits per heavy atom. The lowest BCUT2D eigenvalue weighted by Crippen LogP contribution is -2.35. The van der Waals surface area contributed by atoms with Crippen LogP contribution in [0.5, 0.6) is 11.5 Å². The summed E-state index contributed by atoms with van der Waals surface area (Å²) in [5.74, 6) is 0.116. The predicted molar refractivity (Wildman–Crippen MR) is 123 cm³/mol. The van der Waals surface area contributed by atoms with Gasteiger partial charge in [-0.2, -0.15) is 0 Å². The van der Waals surface area contributed by atoms with Gasteiger partial charge in [0, 0.05) is 32.0 Å². The van der Waals surface area contributed by atoms with E-state index in [9.17, 15) is 14.4 Å². The van der Waals surface area contributed by atoms with Crippen molar-refractivity contribution < 1.29 is 19.1 Å². The molecule has 2 amide bonds. The molecule has 0 spiro atoms. The van der Waals surface area contributed by atoms with Crippen molar-refractivity contribution in [1.82, 2.24) is 15.2 Å². The molecule has 3 aromatic rings. The van der Waals surface area contributed by atoms with Gasteiger partial charge in [0.05, 0.1) is 0 Å².